The summed E-state index contributed by atoms with van der Waals surface area (Å²) in [5.74, 6) is 0.921. The number of fused-ring (bicyclic) bond motifs is 2. The minimum atomic E-state index is -0.623. The van der Waals surface area contributed by atoms with Crippen molar-refractivity contribution in [1.82, 2.24) is 10.6 Å². The molecule has 3 heterocycles. The van der Waals surface area contributed by atoms with Gasteiger partial charge in [-0.3, -0.25) is 18.7 Å². The summed E-state index contributed by atoms with van der Waals surface area (Å²) in [7, 11) is 0. The number of hydrogen-bond acceptors (Lipinski definition) is 6. The highest BCUT2D eigenvalue weighted by atomic mass is 17.0. The minimum Gasteiger partial charge on any atom is -0.454 e. The summed E-state index contributed by atoms with van der Waals surface area (Å²) >= 11 is 0. The summed E-state index contributed by atoms with van der Waals surface area (Å²) in [6.07, 6.45) is 0.760. The Morgan fingerprint density at radius 3 is 2.07 bits per heavy atom. The summed E-state index contributed by atoms with van der Waals surface area (Å²) in [6.45, 7) is 0.195. The Kier molecular flexibility index (Phi) is 3.56. The minimum absolute atomic E-state index is 0.195. The third kappa shape index (κ3) is 2.88. The van der Waals surface area contributed by atoms with Gasteiger partial charge in [-0.15, -0.1) is 0 Å². The SMILES string of the molecule is O=C1NC(Cc2ccc3ooc3c2)C(=O)NC1Cc1ccc2c(c1)OCO2. The maximum Gasteiger partial charge on any atom is 0.243 e. The van der Waals surface area contributed by atoms with Crippen molar-refractivity contribution in [2.45, 2.75) is 24.9 Å². The van der Waals surface area contributed by atoms with E-state index in [4.69, 9.17) is 18.6 Å². The van der Waals surface area contributed by atoms with Crippen LogP contribution < -0.4 is 20.1 Å². The van der Waals surface area contributed by atoms with Crippen LogP contribution in [0.15, 0.2) is 45.6 Å². The molecule has 0 aliphatic carbocycles. The van der Waals surface area contributed by atoms with E-state index in [1.807, 2.05) is 18.2 Å². The average molecular weight is 368 g/mol. The summed E-state index contributed by atoms with van der Waals surface area (Å²) in [4.78, 5) is 25.0. The van der Waals surface area contributed by atoms with Crippen LogP contribution in [-0.4, -0.2) is 30.7 Å². The second-order valence-corrected chi connectivity index (χ2v) is 6.67. The molecule has 0 radical (unpaired) electrons. The van der Waals surface area contributed by atoms with Gasteiger partial charge in [0.05, 0.1) is 0 Å². The van der Waals surface area contributed by atoms with Crippen LogP contribution in [0.25, 0.3) is 11.2 Å². The van der Waals surface area contributed by atoms with Crippen molar-refractivity contribution < 1.29 is 28.2 Å². The Morgan fingerprint density at radius 2 is 1.41 bits per heavy atom. The van der Waals surface area contributed by atoms with Crippen molar-refractivity contribution in [1.29, 1.82) is 0 Å². The van der Waals surface area contributed by atoms with E-state index >= 15 is 0 Å². The highest BCUT2D eigenvalue weighted by Crippen LogP contribution is 2.32. The number of ether oxygens (including phenoxy) is 2. The molecule has 2 aromatic carbocycles. The first-order valence-electron chi connectivity index (χ1n) is 8.62. The first-order chi connectivity index (χ1) is 13.2. The number of hydrogen-bond donors (Lipinski definition) is 2. The highest BCUT2D eigenvalue weighted by Gasteiger charge is 2.34. The zero-order valence-corrected chi connectivity index (χ0v) is 14.2. The van der Waals surface area contributed by atoms with Gasteiger partial charge in [-0.1, -0.05) is 12.1 Å². The number of carbonyl (C=O) groups excluding carboxylic acids is 2. The molecule has 2 unspecified atom stereocenters. The summed E-state index contributed by atoms with van der Waals surface area (Å²) in [5.41, 5.74) is 3.07. The second kappa shape index (κ2) is 6.08. The number of rotatable bonds is 4. The van der Waals surface area contributed by atoms with Crippen LogP contribution >= 0.6 is 0 Å². The molecule has 2 aliphatic rings. The van der Waals surface area contributed by atoms with Crippen molar-refractivity contribution in [2.24, 2.45) is 0 Å². The zero-order valence-electron chi connectivity index (χ0n) is 14.2. The van der Waals surface area contributed by atoms with E-state index in [9.17, 15) is 9.59 Å². The third-order valence-corrected chi connectivity index (χ3v) is 4.81. The van der Waals surface area contributed by atoms with Gasteiger partial charge < -0.3 is 20.1 Å². The number of benzene rings is 2. The molecule has 138 valence electrons. The number of piperazine rings is 1. The van der Waals surface area contributed by atoms with Gasteiger partial charge in [-0.25, -0.2) is 0 Å². The summed E-state index contributed by atoms with van der Waals surface area (Å²) in [5, 5.41) is 5.62. The Bertz CT molecular complexity index is 1040. The normalized spacial score (nSPS) is 21.3. The highest BCUT2D eigenvalue weighted by molar-refractivity contribution is 5.97. The molecule has 27 heavy (non-hydrogen) atoms. The molecule has 8 heteroatoms. The first kappa shape index (κ1) is 15.8. The van der Waals surface area contributed by atoms with E-state index < -0.39 is 12.1 Å². The Hall–Kier alpha value is -3.42. The third-order valence-electron chi connectivity index (χ3n) is 4.81. The molecule has 0 bridgehead atoms. The van der Waals surface area contributed by atoms with Gasteiger partial charge in [-0.2, -0.15) is 0 Å². The number of nitrogens with one attached hydrogen (secondary N) is 2. The molecule has 2 amide bonds. The predicted molar refractivity (Wildman–Crippen MR) is 92.3 cm³/mol. The number of amides is 2. The average Bonchev–Trinajstić information content (AvgIpc) is 3.09. The van der Waals surface area contributed by atoms with Gasteiger partial charge in [0, 0.05) is 12.8 Å². The van der Waals surface area contributed by atoms with Crippen LogP contribution in [0, 0.1) is 0 Å². The second-order valence-electron chi connectivity index (χ2n) is 6.67. The zero-order chi connectivity index (χ0) is 18.4. The topological polar surface area (TPSA) is 103 Å². The van der Waals surface area contributed by atoms with Crippen LogP contribution in [0.1, 0.15) is 11.1 Å². The molecule has 3 aromatic rings. The fourth-order valence-electron chi connectivity index (χ4n) is 3.37. The van der Waals surface area contributed by atoms with Crippen molar-refractivity contribution in [3.05, 3.63) is 47.5 Å². The molecule has 2 aliphatic heterocycles. The van der Waals surface area contributed by atoms with Gasteiger partial charge in [0.25, 0.3) is 0 Å². The quantitative estimate of drug-likeness (QED) is 0.677. The van der Waals surface area contributed by atoms with Crippen molar-refractivity contribution in [3.8, 4) is 11.5 Å². The van der Waals surface area contributed by atoms with Crippen LogP contribution in [0.5, 0.6) is 11.5 Å². The molecule has 0 saturated carbocycles. The molecule has 2 N–H and O–H groups in total. The molecular formula is C19H16N2O6. The van der Waals surface area contributed by atoms with E-state index in [0.29, 0.717) is 35.5 Å². The van der Waals surface area contributed by atoms with E-state index in [1.54, 1.807) is 18.2 Å². The van der Waals surface area contributed by atoms with Crippen LogP contribution in [0.4, 0.5) is 0 Å². The lowest BCUT2D eigenvalue weighted by molar-refractivity contribution is -0.136. The molecule has 1 fully saturated rings. The van der Waals surface area contributed by atoms with E-state index in [2.05, 4.69) is 10.6 Å². The van der Waals surface area contributed by atoms with Crippen molar-refractivity contribution >= 4 is 23.0 Å². The molecular weight excluding hydrogens is 352 g/mol. The van der Waals surface area contributed by atoms with Gasteiger partial charge in [0.15, 0.2) is 11.5 Å². The molecule has 0 spiro atoms. The predicted octanol–water partition coefficient (Wildman–Crippen LogP) is 1.52. The molecule has 1 saturated heterocycles. The lowest BCUT2D eigenvalue weighted by Crippen LogP contribution is -2.62. The fourth-order valence-corrected chi connectivity index (χ4v) is 3.37. The molecule has 5 rings (SSSR count). The Balaban J connectivity index is 1.26. The van der Waals surface area contributed by atoms with Gasteiger partial charge >= 0.3 is 0 Å². The smallest absolute Gasteiger partial charge is 0.243 e. The standard InChI is InChI=1S/C19H16N2O6/c22-18-12(5-10-1-3-14-16(7-10)25-9-24-14)20-19(23)13(21-18)6-11-2-4-15-17(8-11)27-26-15/h1-4,7-8,12-13H,5-6,9H2,(H,20,23)(H,21,22). The maximum absolute atomic E-state index is 12.5. The van der Waals surface area contributed by atoms with E-state index in [0.717, 1.165) is 11.1 Å². The molecule has 8 nitrogen and oxygen atoms in total. The Morgan fingerprint density at radius 1 is 0.778 bits per heavy atom. The lowest BCUT2D eigenvalue weighted by atomic mass is 9.98. The monoisotopic (exact) mass is 368 g/mol. The van der Waals surface area contributed by atoms with Crippen molar-refractivity contribution in [3.63, 3.8) is 0 Å². The maximum atomic E-state index is 12.5. The van der Waals surface area contributed by atoms with Gasteiger partial charge in [0.2, 0.25) is 29.8 Å². The van der Waals surface area contributed by atoms with Crippen LogP contribution in [0.3, 0.4) is 0 Å². The van der Waals surface area contributed by atoms with Crippen LogP contribution in [-0.2, 0) is 22.4 Å². The van der Waals surface area contributed by atoms with Gasteiger partial charge in [0.1, 0.15) is 12.1 Å². The van der Waals surface area contributed by atoms with Crippen molar-refractivity contribution in [2.75, 3.05) is 6.79 Å². The van der Waals surface area contributed by atoms with E-state index in [-0.39, 0.29) is 18.6 Å². The van der Waals surface area contributed by atoms with Gasteiger partial charge in [-0.05, 0) is 35.4 Å². The summed E-state index contributed by atoms with van der Waals surface area (Å²) < 4.78 is 20.3. The Labute approximate surface area is 153 Å². The fraction of sp³-hybridized carbons (Fsp3) is 0.263. The first-order valence-corrected chi connectivity index (χ1v) is 8.62. The van der Waals surface area contributed by atoms with Crippen LogP contribution in [0.2, 0.25) is 0 Å². The van der Waals surface area contributed by atoms with E-state index in [1.165, 1.54) is 0 Å². The largest absolute Gasteiger partial charge is 0.454 e. The molecule has 1 aromatic heterocycles. The lowest BCUT2D eigenvalue weighted by Gasteiger charge is -2.29. The molecule has 2 atom stereocenters. The summed E-state index contributed by atoms with van der Waals surface area (Å²) in [6, 6.07) is 9.68. The number of carbonyl (C=O) groups is 2.